The van der Waals surface area contributed by atoms with Crippen LogP contribution in [0.1, 0.15) is 12.0 Å². The molecule has 2 atom stereocenters. The average molecular weight is 383 g/mol. The van der Waals surface area contributed by atoms with Gasteiger partial charge < -0.3 is 30.2 Å². The molecule has 148 valence electrons. The van der Waals surface area contributed by atoms with Gasteiger partial charge in [-0.3, -0.25) is 0 Å². The van der Waals surface area contributed by atoms with Gasteiger partial charge in [-0.25, -0.2) is 4.79 Å². The lowest BCUT2D eigenvalue weighted by atomic mass is 9.92. The third-order valence-corrected chi connectivity index (χ3v) is 5.22. The molecular weight excluding hydrogens is 358 g/mol. The van der Waals surface area contributed by atoms with Gasteiger partial charge >= 0.3 is 6.03 Å². The Kier molecular flexibility index (Phi) is 5.53. The van der Waals surface area contributed by atoms with E-state index in [2.05, 4.69) is 16.0 Å². The van der Waals surface area contributed by atoms with Crippen LogP contribution in [0.3, 0.4) is 0 Å². The Morgan fingerprint density at radius 2 is 2.04 bits per heavy atom. The van der Waals surface area contributed by atoms with Crippen molar-refractivity contribution >= 4 is 11.7 Å². The molecule has 1 fully saturated rings. The SMILES string of the molecule is COc1ccc(NC(=O)NC(Cc2ccc3c(c2)OCO3)C2CCNC2)cc1. The molecule has 2 aliphatic rings. The van der Waals surface area contributed by atoms with E-state index in [-0.39, 0.29) is 18.9 Å². The number of fused-ring (bicyclic) bond motifs is 1. The number of hydrogen-bond donors (Lipinski definition) is 3. The van der Waals surface area contributed by atoms with Crippen molar-refractivity contribution in [3.63, 3.8) is 0 Å². The summed E-state index contributed by atoms with van der Waals surface area (Å²) in [6.45, 7) is 2.14. The van der Waals surface area contributed by atoms with Gasteiger partial charge in [0.1, 0.15) is 5.75 Å². The minimum absolute atomic E-state index is 0.0219. The molecule has 0 bridgehead atoms. The van der Waals surface area contributed by atoms with Crippen molar-refractivity contribution in [3.8, 4) is 17.2 Å². The van der Waals surface area contributed by atoms with Gasteiger partial charge in [-0.15, -0.1) is 0 Å². The van der Waals surface area contributed by atoms with E-state index in [9.17, 15) is 4.79 Å². The van der Waals surface area contributed by atoms with E-state index in [1.165, 1.54) is 0 Å². The predicted molar refractivity (Wildman–Crippen MR) is 106 cm³/mol. The van der Waals surface area contributed by atoms with E-state index < -0.39 is 0 Å². The maximum atomic E-state index is 12.6. The minimum atomic E-state index is -0.206. The van der Waals surface area contributed by atoms with E-state index in [0.29, 0.717) is 5.92 Å². The molecule has 1 saturated heterocycles. The molecule has 0 aliphatic carbocycles. The van der Waals surface area contributed by atoms with Gasteiger partial charge in [0.15, 0.2) is 11.5 Å². The molecule has 3 N–H and O–H groups in total. The molecule has 28 heavy (non-hydrogen) atoms. The van der Waals surface area contributed by atoms with E-state index in [4.69, 9.17) is 14.2 Å². The Bertz CT molecular complexity index is 819. The highest BCUT2D eigenvalue weighted by Crippen LogP contribution is 2.33. The Hall–Kier alpha value is -2.93. The number of rotatable bonds is 6. The minimum Gasteiger partial charge on any atom is -0.497 e. The summed E-state index contributed by atoms with van der Waals surface area (Å²) in [7, 11) is 1.62. The first-order chi connectivity index (χ1) is 13.7. The number of hydrogen-bond acceptors (Lipinski definition) is 5. The van der Waals surface area contributed by atoms with Crippen LogP contribution < -0.4 is 30.2 Å². The van der Waals surface area contributed by atoms with Crippen LogP contribution in [-0.2, 0) is 6.42 Å². The van der Waals surface area contributed by atoms with Gasteiger partial charge in [-0.1, -0.05) is 6.07 Å². The van der Waals surface area contributed by atoms with Crippen molar-refractivity contribution < 1.29 is 19.0 Å². The Morgan fingerprint density at radius 1 is 1.21 bits per heavy atom. The van der Waals surface area contributed by atoms with Gasteiger partial charge in [0.05, 0.1) is 7.11 Å². The lowest BCUT2D eigenvalue weighted by molar-refractivity contribution is 0.174. The van der Waals surface area contributed by atoms with E-state index in [1.807, 2.05) is 42.5 Å². The molecule has 2 amide bonds. The Morgan fingerprint density at radius 3 is 2.79 bits per heavy atom. The highest BCUT2D eigenvalue weighted by molar-refractivity contribution is 5.89. The first-order valence-electron chi connectivity index (χ1n) is 9.52. The first kappa shape index (κ1) is 18.4. The number of benzene rings is 2. The maximum absolute atomic E-state index is 12.6. The largest absolute Gasteiger partial charge is 0.497 e. The lowest BCUT2D eigenvalue weighted by Gasteiger charge is -2.25. The summed E-state index contributed by atoms with van der Waals surface area (Å²) in [5.74, 6) is 2.67. The van der Waals surface area contributed by atoms with Crippen molar-refractivity contribution in [2.24, 2.45) is 5.92 Å². The maximum Gasteiger partial charge on any atom is 0.319 e. The zero-order chi connectivity index (χ0) is 19.3. The summed E-state index contributed by atoms with van der Waals surface area (Å²) < 4.78 is 16.0. The van der Waals surface area contributed by atoms with Crippen LogP contribution in [0.4, 0.5) is 10.5 Å². The molecule has 7 nitrogen and oxygen atoms in total. The summed E-state index contributed by atoms with van der Waals surface area (Å²) in [6, 6.07) is 13.1. The molecule has 4 rings (SSSR count). The molecule has 0 saturated carbocycles. The summed E-state index contributed by atoms with van der Waals surface area (Å²) in [6.07, 6.45) is 1.77. The van der Waals surface area contributed by atoms with Crippen LogP contribution in [0, 0.1) is 5.92 Å². The van der Waals surface area contributed by atoms with Gasteiger partial charge in [0.2, 0.25) is 6.79 Å². The third-order valence-electron chi connectivity index (χ3n) is 5.22. The number of ether oxygens (including phenoxy) is 3. The standard InChI is InChI=1S/C21H25N3O4/c1-26-17-5-3-16(4-6-17)23-21(25)24-18(15-8-9-22-12-15)10-14-2-7-19-20(11-14)28-13-27-19/h2-7,11,15,18,22H,8-10,12-13H2,1H3,(H2,23,24,25). The predicted octanol–water partition coefficient (Wildman–Crippen LogP) is 2.77. The van der Waals surface area contributed by atoms with Gasteiger partial charge in [-0.2, -0.15) is 0 Å². The first-order valence-corrected chi connectivity index (χ1v) is 9.52. The fraction of sp³-hybridized carbons (Fsp3) is 0.381. The third kappa shape index (κ3) is 4.31. The van der Waals surface area contributed by atoms with Crippen LogP contribution in [0.5, 0.6) is 17.2 Å². The van der Waals surface area contributed by atoms with Crippen LogP contribution in [-0.4, -0.2) is 39.1 Å². The molecule has 2 aromatic carbocycles. The van der Waals surface area contributed by atoms with Gasteiger partial charge in [0.25, 0.3) is 0 Å². The summed E-state index contributed by atoms with van der Waals surface area (Å²) in [5.41, 5.74) is 1.84. The van der Waals surface area contributed by atoms with E-state index >= 15 is 0 Å². The second kappa shape index (κ2) is 8.39. The normalized spacial score (nSPS) is 18.5. The van der Waals surface area contributed by atoms with Crippen molar-refractivity contribution in [1.29, 1.82) is 0 Å². The molecule has 7 heteroatoms. The fourth-order valence-corrected chi connectivity index (χ4v) is 3.69. The lowest BCUT2D eigenvalue weighted by Crippen LogP contribution is -2.44. The van der Waals surface area contributed by atoms with Crippen LogP contribution in [0.15, 0.2) is 42.5 Å². The number of carbonyl (C=O) groups is 1. The van der Waals surface area contributed by atoms with E-state index in [0.717, 1.165) is 54.4 Å². The summed E-state index contributed by atoms with van der Waals surface area (Å²) >= 11 is 0. The summed E-state index contributed by atoms with van der Waals surface area (Å²) in [4.78, 5) is 12.6. The number of urea groups is 1. The number of anilines is 1. The van der Waals surface area contributed by atoms with Gasteiger partial charge in [-0.05, 0) is 73.8 Å². The number of methoxy groups -OCH3 is 1. The van der Waals surface area contributed by atoms with Crippen LogP contribution >= 0.6 is 0 Å². The molecule has 2 aromatic rings. The highest BCUT2D eigenvalue weighted by Gasteiger charge is 2.27. The fourth-order valence-electron chi connectivity index (χ4n) is 3.69. The van der Waals surface area contributed by atoms with Gasteiger partial charge in [0, 0.05) is 11.7 Å². The molecule has 0 radical (unpaired) electrons. The zero-order valence-electron chi connectivity index (χ0n) is 15.9. The second-order valence-corrected chi connectivity index (χ2v) is 7.08. The average Bonchev–Trinajstić information content (AvgIpc) is 3.39. The monoisotopic (exact) mass is 383 g/mol. The number of carbonyl (C=O) groups excluding carboxylic acids is 1. The van der Waals surface area contributed by atoms with Crippen molar-refractivity contribution in [2.75, 3.05) is 32.3 Å². The van der Waals surface area contributed by atoms with E-state index in [1.54, 1.807) is 7.11 Å². The smallest absolute Gasteiger partial charge is 0.319 e. The Labute approximate surface area is 164 Å². The number of amides is 2. The molecule has 2 aliphatic heterocycles. The molecule has 0 aromatic heterocycles. The van der Waals surface area contributed by atoms with Crippen molar-refractivity contribution in [2.45, 2.75) is 18.9 Å². The van der Waals surface area contributed by atoms with Crippen LogP contribution in [0.2, 0.25) is 0 Å². The van der Waals surface area contributed by atoms with Crippen molar-refractivity contribution in [1.82, 2.24) is 10.6 Å². The second-order valence-electron chi connectivity index (χ2n) is 7.08. The quantitative estimate of drug-likeness (QED) is 0.715. The summed E-state index contributed by atoms with van der Waals surface area (Å²) in [5, 5.41) is 9.45. The Balaban J connectivity index is 1.42. The number of nitrogens with one attached hydrogen (secondary N) is 3. The molecule has 2 unspecified atom stereocenters. The molecular formula is C21H25N3O4. The molecule has 0 spiro atoms. The van der Waals surface area contributed by atoms with Crippen LogP contribution in [0.25, 0.3) is 0 Å². The topological polar surface area (TPSA) is 80.9 Å². The molecule has 2 heterocycles. The highest BCUT2D eigenvalue weighted by atomic mass is 16.7. The van der Waals surface area contributed by atoms with Crippen molar-refractivity contribution in [3.05, 3.63) is 48.0 Å². The zero-order valence-corrected chi connectivity index (χ0v) is 15.9.